The van der Waals surface area contributed by atoms with E-state index in [0.29, 0.717) is 6.42 Å². The zero-order chi connectivity index (χ0) is 48.6. The lowest BCUT2D eigenvalue weighted by molar-refractivity contribution is -0.131. The van der Waals surface area contributed by atoms with Crippen molar-refractivity contribution in [2.45, 2.75) is 347 Å². The number of unbranched alkanes of at least 4 members (excludes halogenated alkanes) is 44. The molecule has 3 unspecified atom stereocenters. The molecule has 5 heteroatoms. The Balaban J connectivity index is 3.53. The van der Waals surface area contributed by atoms with Gasteiger partial charge in [0.05, 0.1) is 18.8 Å². The summed E-state index contributed by atoms with van der Waals surface area (Å²) >= 11 is 0. The van der Waals surface area contributed by atoms with Gasteiger partial charge in [0, 0.05) is 0 Å². The third-order valence-electron chi connectivity index (χ3n) is 14.2. The first kappa shape index (κ1) is 65.6. The standard InChI is InChI=1S/C62H119NO4/c1-3-5-7-9-11-13-15-17-19-21-23-25-26-27-28-29-30-31-32-33-34-35-37-39-41-43-45-47-49-51-53-55-57-61(66)62(67)63-59(58-64)60(65)56-54-52-50-48-46-44-42-40-38-36-24-22-20-18-16-14-12-10-8-6-4-2/h23,25,27-28,54,56,59-61,64-66H,3-22,24,26,29-53,55,57-58H2,1-2H3,(H,63,67)/b25-23-,28-27-,56-54+. The molecule has 0 bridgehead atoms. The molecule has 0 aliphatic carbocycles. The van der Waals surface area contributed by atoms with E-state index in [2.05, 4.69) is 43.5 Å². The van der Waals surface area contributed by atoms with Crippen LogP contribution in [0.3, 0.4) is 0 Å². The first-order valence-electron chi connectivity index (χ1n) is 30.3. The second-order valence-electron chi connectivity index (χ2n) is 20.9. The van der Waals surface area contributed by atoms with Gasteiger partial charge in [0.2, 0.25) is 5.91 Å². The van der Waals surface area contributed by atoms with E-state index in [0.717, 1.165) is 38.5 Å². The van der Waals surface area contributed by atoms with E-state index in [9.17, 15) is 20.1 Å². The largest absolute Gasteiger partial charge is 0.394 e. The highest BCUT2D eigenvalue weighted by Gasteiger charge is 2.22. The number of rotatable bonds is 56. The molecule has 0 fully saturated rings. The van der Waals surface area contributed by atoms with Crippen LogP contribution in [0.1, 0.15) is 328 Å². The highest BCUT2D eigenvalue weighted by molar-refractivity contribution is 5.80. The lowest BCUT2D eigenvalue weighted by Gasteiger charge is -2.21. The van der Waals surface area contributed by atoms with Crippen LogP contribution >= 0.6 is 0 Å². The summed E-state index contributed by atoms with van der Waals surface area (Å²) in [6.45, 7) is 4.22. The van der Waals surface area contributed by atoms with Crippen molar-refractivity contribution in [3.63, 3.8) is 0 Å². The number of carbonyl (C=O) groups excluding carboxylic acids is 1. The maximum absolute atomic E-state index is 12.6. The van der Waals surface area contributed by atoms with Gasteiger partial charge in [-0.1, -0.05) is 314 Å². The van der Waals surface area contributed by atoms with E-state index in [1.54, 1.807) is 6.08 Å². The van der Waals surface area contributed by atoms with E-state index in [4.69, 9.17) is 0 Å². The minimum Gasteiger partial charge on any atom is -0.394 e. The molecule has 67 heavy (non-hydrogen) atoms. The molecule has 0 heterocycles. The number of nitrogens with one attached hydrogen (secondary N) is 1. The van der Waals surface area contributed by atoms with Crippen molar-refractivity contribution >= 4 is 5.91 Å². The Labute approximate surface area is 419 Å². The van der Waals surface area contributed by atoms with Gasteiger partial charge in [0.15, 0.2) is 0 Å². The molecule has 396 valence electrons. The van der Waals surface area contributed by atoms with Crippen LogP contribution in [0.2, 0.25) is 0 Å². The number of amides is 1. The Morgan fingerprint density at radius 1 is 0.373 bits per heavy atom. The fourth-order valence-corrected chi connectivity index (χ4v) is 9.51. The number of aliphatic hydroxyl groups excluding tert-OH is 3. The molecule has 0 aliphatic rings. The first-order chi connectivity index (χ1) is 33.1. The molecular weight excluding hydrogens is 823 g/mol. The fraction of sp³-hybridized carbons (Fsp3) is 0.887. The molecular formula is C62H119NO4. The zero-order valence-electron chi connectivity index (χ0n) is 45.3. The molecule has 0 aromatic rings. The Morgan fingerprint density at radius 3 is 0.940 bits per heavy atom. The molecule has 5 nitrogen and oxygen atoms in total. The molecule has 0 aromatic heterocycles. The molecule has 3 atom stereocenters. The normalized spacial score (nSPS) is 13.4. The average Bonchev–Trinajstić information content (AvgIpc) is 3.33. The summed E-state index contributed by atoms with van der Waals surface area (Å²) in [5.74, 6) is -0.498. The maximum Gasteiger partial charge on any atom is 0.249 e. The number of hydrogen-bond donors (Lipinski definition) is 4. The topological polar surface area (TPSA) is 89.8 Å². The molecule has 1 amide bonds. The Bertz CT molecular complexity index is 1040. The summed E-state index contributed by atoms with van der Waals surface area (Å²) in [5, 5.41) is 33.4. The SMILES string of the molecule is CCCCCCCCCCC/C=C\C/C=C\CCCCCCCCCCCCCCCCCCC(O)C(=O)NC(CO)C(O)/C=C/CCCCCCCCCCCCCCCCCCCCC. The van der Waals surface area contributed by atoms with Gasteiger partial charge in [-0.15, -0.1) is 0 Å². The van der Waals surface area contributed by atoms with Crippen molar-refractivity contribution in [1.82, 2.24) is 5.32 Å². The van der Waals surface area contributed by atoms with Gasteiger partial charge >= 0.3 is 0 Å². The molecule has 0 rings (SSSR count). The van der Waals surface area contributed by atoms with Crippen molar-refractivity contribution in [1.29, 1.82) is 0 Å². The van der Waals surface area contributed by atoms with Crippen LogP contribution in [0.25, 0.3) is 0 Å². The minimum absolute atomic E-state index is 0.361. The van der Waals surface area contributed by atoms with Crippen LogP contribution in [0.4, 0.5) is 0 Å². The van der Waals surface area contributed by atoms with E-state index in [1.807, 2.05) is 6.08 Å². The maximum atomic E-state index is 12.6. The first-order valence-corrected chi connectivity index (χ1v) is 30.3. The second kappa shape index (κ2) is 57.2. The predicted molar refractivity (Wildman–Crippen MR) is 296 cm³/mol. The monoisotopic (exact) mass is 942 g/mol. The molecule has 0 spiro atoms. The van der Waals surface area contributed by atoms with E-state index in [1.165, 1.54) is 270 Å². The van der Waals surface area contributed by atoms with Crippen LogP contribution in [0.5, 0.6) is 0 Å². The van der Waals surface area contributed by atoms with Gasteiger partial charge in [0.1, 0.15) is 6.10 Å². The molecule has 0 saturated heterocycles. The van der Waals surface area contributed by atoms with Gasteiger partial charge in [0.25, 0.3) is 0 Å². The summed E-state index contributed by atoms with van der Waals surface area (Å²) < 4.78 is 0. The van der Waals surface area contributed by atoms with Crippen molar-refractivity contribution in [2.24, 2.45) is 0 Å². The number of aliphatic hydroxyl groups is 3. The molecule has 0 saturated carbocycles. The van der Waals surface area contributed by atoms with Crippen LogP contribution < -0.4 is 5.32 Å². The van der Waals surface area contributed by atoms with Gasteiger partial charge in [-0.25, -0.2) is 0 Å². The summed E-state index contributed by atoms with van der Waals surface area (Å²) in [5.41, 5.74) is 0. The van der Waals surface area contributed by atoms with Crippen LogP contribution in [-0.4, -0.2) is 46.1 Å². The van der Waals surface area contributed by atoms with Gasteiger partial charge < -0.3 is 20.6 Å². The third kappa shape index (κ3) is 52.2. The average molecular weight is 943 g/mol. The van der Waals surface area contributed by atoms with E-state index >= 15 is 0 Å². The summed E-state index contributed by atoms with van der Waals surface area (Å²) in [7, 11) is 0. The highest BCUT2D eigenvalue weighted by atomic mass is 16.3. The summed E-state index contributed by atoms with van der Waals surface area (Å²) in [6, 6.07) is -0.798. The Hall–Kier alpha value is -1.43. The third-order valence-corrected chi connectivity index (χ3v) is 14.2. The minimum atomic E-state index is -1.10. The van der Waals surface area contributed by atoms with Crippen molar-refractivity contribution in [2.75, 3.05) is 6.61 Å². The quantitative estimate of drug-likeness (QED) is 0.0361. The smallest absolute Gasteiger partial charge is 0.249 e. The predicted octanol–water partition coefficient (Wildman–Crippen LogP) is 19.0. The molecule has 0 radical (unpaired) electrons. The Kier molecular flexibility index (Phi) is 55.9. The van der Waals surface area contributed by atoms with Crippen molar-refractivity contribution in [3.8, 4) is 0 Å². The van der Waals surface area contributed by atoms with Crippen LogP contribution in [-0.2, 0) is 4.79 Å². The van der Waals surface area contributed by atoms with Crippen LogP contribution in [0.15, 0.2) is 36.5 Å². The summed E-state index contributed by atoms with van der Waals surface area (Å²) in [4.78, 5) is 12.6. The molecule has 0 aromatic carbocycles. The fourth-order valence-electron chi connectivity index (χ4n) is 9.51. The molecule has 4 N–H and O–H groups in total. The van der Waals surface area contributed by atoms with E-state index in [-0.39, 0.29) is 6.61 Å². The number of carbonyl (C=O) groups is 1. The van der Waals surface area contributed by atoms with Crippen molar-refractivity contribution < 1.29 is 20.1 Å². The van der Waals surface area contributed by atoms with Gasteiger partial charge in [-0.05, 0) is 51.4 Å². The zero-order valence-corrected chi connectivity index (χ0v) is 45.3. The second-order valence-corrected chi connectivity index (χ2v) is 20.9. The number of hydrogen-bond acceptors (Lipinski definition) is 4. The van der Waals surface area contributed by atoms with Crippen molar-refractivity contribution in [3.05, 3.63) is 36.5 Å². The van der Waals surface area contributed by atoms with Gasteiger partial charge in [-0.2, -0.15) is 0 Å². The molecule has 0 aliphatic heterocycles. The lowest BCUT2D eigenvalue weighted by Crippen LogP contribution is -2.48. The lowest BCUT2D eigenvalue weighted by atomic mass is 10.0. The Morgan fingerprint density at radius 2 is 0.642 bits per heavy atom. The number of allylic oxidation sites excluding steroid dienone is 5. The van der Waals surface area contributed by atoms with Crippen LogP contribution in [0, 0.1) is 0 Å². The van der Waals surface area contributed by atoms with Gasteiger partial charge in [-0.3, -0.25) is 4.79 Å². The van der Waals surface area contributed by atoms with E-state index < -0.39 is 24.2 Å². The summed E-state index contributed by atoms with van der Waals surface area (Å²) in [6.07, 6.45) is 75.2. The highest BCUT2D eigenvalue weighted by Crippen LogP contribution is 2.18.